The minimum Gasteiger partial charge on any atom is -0.497 e. The van der Waals surface area contributed by atoms with E-state index in [0.717, 1.165) is 33.9 Å². The van der Waals surface area contributed by atoms with E-state index in [1.54, 1.807) is 19.6 Å². The summed E-state index contributed by atoms with van der Waals surface area (Å²) < 4.78 is 7.39. The summed E-state index contributed by atoms with van der Waals surface area (Å²) in [4.78, 5) is 13.3. The summed E-state index contributed by atoms with van der Waals surface area (Å²) in [5.74, 6) is 2.46. The van der Waals surface area contributed by atoms with Crippen LogP contribution in [0.2, 0.25) is 0 Å². The van der Waals surface area contributed by atoms with Gasteiger partial charge in [-0.25, -0.2) is 15.0 Å². The van der Waals surface area contributed by atoms with Crippen molar-refractivity contribution in [3.05, 3.63) is 78.6 Å². The van der Waals surface area contributed by atoms with E-state index in [1.807, 2.05) is 60.3 Å². The SMILES string of the molecule is COc1cccc(C(Nc2ncnc3ccccc23)c2nccn2C)c1. The van der Waals surface area contributed by atoms with Crippen molar-refractivity contribution in [2.45, 2.75) is 6.04 Å². The number of benzene rings is 2. The second-order valence-electron chi connectivity index (χ2n) is 5.99. The molecule has 0 bridgehead atoms. The third-order valence-electron chi connectivity index (χ3n) is 4.37. The monoisotopic (exact) mass is 345 g/mol. The zero-order valence-electron chi connectivity index (χ0n) is 14.6. The first-order valence-corrected chi connectivity index (χ1v) is 8.33. The van der Waals surface area contributed by atoms with Crippen LogP contribution >= 0.6 is 0 Å². The van der Waals surface area contributed by atoms with Crippen LogP contribution in [0.1, 0.15) is 17.4 Å². The number of hydrogen-bond acceptors (Lipinski definition) is 5. The average molecular weight is 345 g/mol. The summed E-state index contributed by atoms with van der Waals surface area (Å²) in [6, 6.07) is 15.7. The summed E-state index contributed by atoms with van der Waals surface area (Å²) in [6.45, 7) is 0. The van der Waals surface area contributed by atoms with E-state index in [9.17, 15) is 0 Å². The van der Waals surface area contributed by atoms with Crippen molar-refractivity contribution < 1.29 is 4.74 Å². The number of ether oxygens (including phenoxy) is 1. The Morgan fingerprint density at radius 1 is 1.04 bits per heavy atom. The molecule has 4 rings (SSSR count). The highest BCUT2D eigenvalue weighted by Crippen LogP contribution is 2.29. The van der Waals surface area contributed by atoms with Gasteiger partial charge < -0.3 is 14.6 Å². The number of aryl methyl sites for hydroxylation is 1. The molecule has 6 heteroatoms. The fourth-order valence-corrected chi connectivity index (χ4v) is 3.03. The molecular weight excluding hydrogens is 326 g/mol. The first-order chi connectivity index (χ1) is 12.8. The Hall–Kier alpha value is -3.41. The minimum absolute atomic E-state index is 0.177. The maximum Gasteiger partial charge on any atom is 0.138 e. The number of fused-ring (bicyclic) bond motifs is 1. The average Bonchev–Trinajstić information content (AvgIpc) is 3.12. The molecule has 0 fully saturated rings. The molecule has 1 unspecified atom stereocenters. The number of anilines is 1. The Kier molecular flexibility index (Phi) is 4.23. The summed E-state index contributed by atoms with van der Waals surface area (Å²) in [5, 5.41) is 4.51. The van der Waals surface area contributed by atoms with Crippen molar-refractivity contribution in [1.82, 2.24) is 19.5 Å². The van der Waals surface area contributed by atoms with Crippen LogP contribution in [0.5, 0.6) is 5.75 Å². The topological polar surface area (TPSA) is 64.9 Å². The van der Waals surface area contributed by atoms with Crippen LogP contribution in [0.25, 0.3) is 10.9 Å². The minimum atomic E-state index is -0.177. The van der Waals surface area contributed by atoms with E-state index in [-0.39, 0.29) is 6.04 Å². The molecular formula is C20H19N5O. The smallest absolute Gasteiger partial charge is 0.138 e. The largest absolute Gasteiger partial charge is 0.497 e. The Balaban J connectivity index is 1.82. The van der Waals surface area contributed by atoms with Gasteiger partial charge in [0, 0.05) is 24.8 Å². The van der Waals surface area contributed by atoms with E-state index >= 15 is 0 Å². The molecule has 2 aromatic carbocycles. The third-order valence-corrected chi connectivity index (χ3v) is 4.37. The predicted octanol–water partition coefficient (Wildman–Crippen LogP) is 3.57. The molecule has 0 amide bonds. The highest BCUT2D eigenvalue weighted by atomic mass is 16.5. The lowest BCUT2D eigenvalue weighted by Crippen LogP contribution is -2.17. The van der Waals surface area contributed by atoms with Crippen molar-refractivity contribution in [2.24, 2.45) is 7.05 Å². The Bertz CT molecular complexity index is 1040. The van der Waals surface area contributed by atoms with E-state index < -0.39 is 0 Å². The van der Waals surface area contributed by atoms with Crippen LogP contribution in [0.3, 0.4) is 0 Å². The van der Waals surface area contributed by atoms with Gasteiger partial charge in [-0.3, -0.25) is 0 Å². The van der Waals surface area contributed by atoms with E-state index in [1.165, 1.54) is 0 Å². The van der Waals surface area contributed by atoms with Crippen LogP contribution in [0.4, 0.5) is 5.82 Å². The fourth-order valence-electron chi connectivity index (χ4n) is 3.03. The molecule has 26 heavy (non-hydrogen) atoms. The van der Waals surface area contributed by atoms with Crippen LogP contribution in [-0.2, 0) is 7.05 Å². The van der Waals surface area contributed by atoms with Gasteiger partial charge >= 0.3 is 0 Å². The van der Waals surface area contributed by atoms with Gasteiger partial charge in [-0.15, -0.1) is 0 Å². The zero-order valence-corrected chi connectivity index (χ0v) is 14.6. The summed E-state index contributed by atoms with van der Waals surface area (Å²) in [5.41, 5.74) is 1.94. The molecule has 0 saturated heterocycles. The second kappa shape index (κ2) is 6.84. The summed E-state index contributed by atoms with van der Waals surface area (Å²) >= 11 is 0. The fraction of sp³-hybridized carbons (Fsp3) is 0.150. The molecule has 0 aliphatic rings. The number of methoxy groups -OCH3 is 1. The van der Waals surface area contributed by atoms with Gasteiger partial charge in [0.2, 0.25) is 0 Å². The molecule has 0 aliphatic heterocycles. The van der Waals surface area contributed by atoms with Gasteiger partial charge in [-0.2, -0.15) is 0 Å². The van der Waals surface area contributed by atoms with E-state index in [4.69, 9.17) is 4.74 Å². The third kappa shape index (κ3) is 2.97. The lowest BCUT2D eigenvalue weighted by molar-refractivity contribution is 0.414. The molecule has 2 aromatic heterocycles. The summed E-state index contributed by atoms with van der Waals surface area (Å²) in [6.07, 6.45) is 5.30. The Morgan fingerprint density at radius 2 is 1.92 bits per heavy atom. The van der Waals surface area contributed by atoms with Crippen molar-refractivity contribution in [2.75, 3.05) is 12.4 Å². The maximum absolute atomic E-state index is 5.39. The van der Waals surface area contributed by atoms with Crippen LogP contribution in [0, 0.1) is 0 Å². The normalized spacial score (nSPS) is 12.1. The van der Waals surface area contributed by atoms with Crippen molar-refractivity contribution in [3.63, 3.8) is 0 Å². The van der Waals surface area contributed by atoms with Crippen LogP contribution < -0.4 is 10.1 Å². The number of imidazole rings is 1. The molecule has 4 aromatic rings. The first kappa shape index (κ1) is 16.1. The molecule has 1 N–H and O–H groups in total. The van der Waals surface area contributed by atoms with Gasteiger partial charge in [0.25, 0.3) is 0 Å². The molecule has 0 spiro atoms. The van der Waals surface area contributed by atoms with Gasteiger partial charge in [0.1, 0.15) is 29.8 Å². The quantitative estimate of drug-likeness (QED) is 0.599. The molecule has 1 atom stereocenters. The second-order valence-corrected chi connectivity index (χ2v) is 5.99. The lowest BCUT2D eigenvalue weighted by atomic mass is 10.1. The number of aromatic nitrogens is 4. The van der Waals surface area contributed by atoms with Gasteiger partial charge in [-0.1, -0.05) is 24.3 Å². The van der Waals surface area contributed by atoms with Crippen LogP contribution in [-0.4, -0.2) is 26.6 Å². The molecule has 0 saturated carbocycles. The van der Waals surface area contributed by atoms with Gasteiger partial charge in [0.15, 0.2) is 0 Å². The predicted molar refractivity (Wildman–Crippen MR) is 101 cm³/mol. The zero-order chi connectivity index (χ0) is 17.9. The standard InChI is InChI=1S/C20H19N5O/c1-25-11-10-21-20(25)18(14-6-5-7-15(12-14)26-2)24-19-16-8-3-4-9-17(16)22-13-23-19/h3-13,18H,1-2H3,(H,22,23,24). The van der Waals surface area contributed by atoms with Crippen molar-refractivity contribution in [3.8, 4) is 5.75 Å². The van der Waals surface area contributed by atoms with Gasteiger partial charge in [0.05, 0.1) is 12.6 Å². The molecule has 6 nitrogen and oxygen atoms in total. The summed E-state index contributed by atoms with van der Waals surface area (Å²) in [7, 11) is 3.65. The van der Waals surface area contributed by atoms with E-state index in [2.05, 4.69) is 26.3 Å². The molecule has 130 valence electrons. The maximum atomic E-state index is 5.39. The highest BCUT2D eigenvalue weighted by Gasteiger charge is 2.20. The van der Waals surface area contributed by atoms with Crippen LogP contribution in [0.15, 0.2) is 67.3 Å². The molecule has 0 aliphatic carbocycles. The van der Waals surface area contributed by atoms with E-state index in [0.29, 0.717) is 0 Å². The number of nitrogens with one attached hydrogen (secondary N) is 1. The number of para-hydroxylation sites is 1. The number of nitrogens with zero attached hydrogens (tertiary/aromatic N) is 4. The lowest BCUT2D eigenvalue weighted by Gasteiger charge is -2.21. The molecule has 0 radical (unpaired) electrons. The number of hydrogen-bond donors (Lipinski definition) is 1. The first-order valence-electron chi connectivity index (χ1n) is 8.33. The Labute approximate surface area is 151 Å². The van der Waals surface area contributed by atoms with Crippen molar-refractivity contribution >= 4 is 16.7 Å². The van der Waals surface area contributed by atoms with Crippen molar-refractivity contribution in [1.29, 1.82) is 0 Å². The molecule has 2 heterocycles. The highest BCUT2D eigenvalue weighted by molar-refractivity contribution is 5.88. The Morgan fingerprint density at radius 3 is 2.73 bits per heavy atom. The number of rotatable bonds is 5. The van der Waals surface area contributed by atoms with Gasteiger partial charge in [-0.05, 0) is 29.8 Å².